The van der Waals surface area contributed by atoms with Crippen molar-refractivity contribution in [1.29, 1.82) is 0 Å². The smallest absolute Gasteiger partial charge is 0.365 e. The molecule has 3 heterocycles. The van der Waals surface area contributed by atoms with E-state index < -0.39 is 11.9 Å². The average molecular weight is 339 g/mol. The summed E-state index contributed by atoms with van der Waals surface area (Å²) in [6.07, 6.45) is 7.50. The summed E-state index contributed by atoms with van der Waals surface area (Å²) < 4.78 is 19.3. The van der Waals surface area contributed by atoms with Gasteiger partial charge in [-0.25, -0.2) is 19.0 Å². The highest BCUT2D eigenvalue weighted by Gasteiger charge is 2.35. The molecule has 0 aromatic carbocycles. The number of hydrogen-bond acceptors (Lipinski definition) is 5. The SMILES string of the molecule is C=C/C(=C\C=C(/C)F)c1nn(C)cc1-c1ccnc2c1C(=O)OC2=O. The van der Waals surface area contributed by atoms with Crippen LogP contribution in [0.5, 0.6) is 0 Å². The lowest BCUT2D eigenvalue weighted by molar-refractivity contribution is 0.0442. The van der Waals surface area contributed by atoms with Crippen LogP contribution in [0, 0.1) is 0 Å². The maximum absolute atomic E-state index is 13.1. The molecule has 0 unspecified atom stereocenters. The van der Waals surface area contributed by atoms with E-state index in [1.165, 1.54) is 25.3 Å². The second kappa shape index (κ2) is 6.27. The van der Waals surface area contributed by atoms with Gasteiger partial charge in [-0.2, -0.15) is 5.10 Å². The van der Waals surface area contributed by atoms with Crippen LogP contribution in [-0.4, -0.2) is 26.7 Å². The Morgan fingerprint density at radius 1 is 1.28 bits per heavy atom. The molecule has 7 heteroatoms. The van der Waals surface area contributed by atoms with Crippen LogP contribution < -0.4 is 0 Å². The van der Waals surface area contributed by atoms with Crippen LogP contribution in [0.25, 0.3) is 16.7 Å². The van der Waals surface area contributed by atoms with Crippen molar-refractivity contribution in [3.8, 4) is 11.1 Å². The van der Waals surface area contributed by atoms with E-state index in [9.17, 15) is 14.0 Å². The van der Waals surface area contributed by atoms with Gasteiger partial charge in [0.1, 0.15) is 11.3 Å². The predicted molar refractivity (Wildman–Crippen MR) is 89.2 cm³/mol. The molecule has 0 N–H and O–H groups in total. The highest BCUT2D eigenvalue weighted by Crippen LogP contribution is 2.34. The first-order valence-electron chi connectivity index (χ1n) is 7.38. The summed E-state index contributed by atoms with van der Waals surface area (Å²) in [5.74, 6) is -1.89. The Balaban J connectivity index is 2.24. The van der Waals surface area contributed by atoms with Gasteiger partial charge in [-0.05, 0) is 19.1 Å². The lowest BCUT2D eigenvalue weighted by Crippen LogP contribution is -1.99. The summed E-state index contributed by atoms with van der Waals surface area (Å²) in [5, 5.41) is 4.37. The van der Waals surface area contributed by atoms with Crippen molar-refractivity contribution in [3.05, 3.63) is 66.0 Å². The summed E-state index contributed by atoms with van der Waals surface area (Å²) >= 11 is 0. The number of halogens is 1. The monoisotopic (exact) mass is 339 g/mol. The zero-order valence-corrected chi connectivity index (χ0v) is 13.6. The molecule has 0 spiro atoms. The number of ether oxygens (including phenoxy) is 1. The summed E-state index contributed by atoms with van der Waals surface area (Å²) in [4.78, 5) is 27.7. The fourth-order valence-electron chi connectivity index (χ4n) is 2.58. The number of aromatic nitrogens is 3. The van der Waals surface area contributed by atoms with Crippen LogP contribution in [0.3, 0.4) is 0 Å². The van der Waals surface area contributed by atoms with Crippen LogP contribution in [0.15, 0.2) is 49.1 Å². The normalized spacial score (nSPS) is 14.5. The number of nitrogens with zero attached hydrogens (tertiary/aromatic N) is 3. The lowest BCUT2D eigenvalue weighted by Gasteiger charge is -2.05. The van der Waals surface area contributed by atoms with Crippen LogP contribution in [0.4, 0.5) is 4.39 Å². The summed E-state index contributed by atoms with van der Waals surface area (Å²) in [6.45, 7) is 5.06. The molecule has 0 amide bonds. The van der Waals surface area contributed by atoms with E-state index in [-0.39, 0.29) is 17.1 Å². The van der Waals surface area contributed by atoms with Gasteiger partial charge >= 0.3 is 11.9 Å². The van der Waals surface area contributed by atoms with Gasteiger partial charge in [0.05, 0.1) is 5.83 Å². The fourth-order valence-corrected chi connectivity index (χ4v) is 2.58. The molecule has 1 aliphatic rings. The zero-order chi connectivity index (χ0) is 18.1. The largest absolute Gasteiger partial charge is 0.384 e. The molecule has 25 heavy (non-hydrogen) atoms. The number of esters is 2. The molecular formula is C18H14FN3O3. The molecule has 0 fully saturated rings. The second-order valence-electron chi connectivity index (χ2n) is 5.40. The molecule has 1 aliphatic heterocycles. The minimum absolute atomic E-state index is 0.0269. The standard InChI is InChI=1S/C18H14FN3O3/c1-4-11(6-5-10(2)19)15-13(9-22(3)21-15)12-7-8-20-16-14(12)17(23)25-18(16)24/h4-9H,1H2,2-3H3/b10-5+,11-6+. The van der Waals surface area contributed by atoms with E-state index in [2.05, 4.69) is 21.4 Å². The third-order valence-electron chi connectivity index (χ3n) is 3.64. The van der Waals surface area contributed by atoms with Gasteiger partial charge in [0, 0.05) is 36.1 Å². The number of hydrogen-bond donors (Lipinski definition) is 0. The fraction of sp³-hybridized carbons (Fsp3) is 0.111. The number of aryl methyl sites for hydroxylation is 1. The number of carbonyl (C=O) groups excluding carboxylic acids is 2. The summed E-state index contributed by atoms with van der Waals surface area (Å²) in [5.41, 5.74) is 2.19. The molecule has 2 aromatic rings. The number of fused-ring (bicyclic) bond motifs is 1. The molecule has 0 atom stereocenters. The molecule has 126 valence electrons. The number of rotatable bonds is 4. The van der Waals surface area contributed by atoms with Crippen molar-refractivity contribution in [2.24, 2.45) is 7.05 Å². The number of carbonyl (C=O) groups is 2. The van der Waals surface area contributed by atoms with Crippen molar-refractivity contribution in [1.82, 2.24) is 14.8 Å². The molecule has 0 saturated heterocycles. The first kappa shape index (κ1) is 16.5. The van der Waals surface area contributed by atoms with Crippen molar-refractivity contribution < 1.29 is 18.7 Å². The highest BCUT2D eigenvalue weighted by atomic mass is 19.1. The van der Waals surface area contributed by atoms with Gasteiger partial charge in [0.25, 0.3) is 0 Å². The Morgan fingerprint density at radius 3 is 2.72 bits per heavy atom. The molecule has 0 saturated carbocycles. The van der Waals surface area contributed by atoms with E-state index in [0.717, 1.165) is 0 Å². The lowest BCUT2D eigenvalue weighted by atomic mass is 9.97. The second-order valence-corrected chi connectivity index (χ2v) is 5.40. The van der Waals surface area contributed by atoms with Crippen LogP contribution in [-0.2, 0) is 11.8 Å². The van der Waals surface area contributed by atoms with Gasteiger partial charge in [-0.3, -0.25) is 4.68 Å². The van der Waals surface area contributed by atoms with Crippen molar-refractivity contribution in [3.63, 3.8) is 0 Å². The van der Waals surface area contributed by atoms with E-state index in [1.54, 1.807) is 30.1 Å². The molecule has 6 nitrogen and oxygen atoms in total. The number of allylic oxidation sites excluding steroid dienone is 5. The van der Waals surface area contributed by atoms with Gasteiger partial charge in [0.2, 0.25) is 0 Å². The maximum atomic E-state index is 13.1. The Kier molecular flexibility index (Phi) is 4.14. The van der Waals surface area contributed by atoms with Crippen LogP contribution in [0.2, 0.25) is 0 Å². The third-order valence-corrected chi connectivity index (χ3v) is 3.64. The van der Waals surface area contributed by atoms with E-state index in [4.69, 9.17) is 0 Å². The molecule has 0 radical (unpaired) electrons. The number of pyridine rings is 1. The summed E-state index contributed by atoms with van der Waals surface area (Å²) in [6, 6.07) is 1.61. The molecule has 3 rings (SSSR count). The Hall–Kier alpha value is -3.35. The van der Waals surface area contributed by atoms with Gasteiger partial charge in [0.15, 0.2) is 5.69 Å². The van der Waals surface area contributed by atoms with Crippen molar-refractivity contribution >= 4 is 17.5 Å². The van der Waals surface area contributed by atoms with Gasteiger partial charge in [-0.15, -0.1) is 0 Å². The Bertz CT molecular complexity index is 966. The average Bonchev–Trinajstić information content (AvgIpc) is 3.08. The van der Waals surface area contributed by atoms with Gasteiger partial charge < -0.3 is 4.74 Å². The third kappa shape index (κ3) is 2.91. The predicted octanol–water partition coefficient (Wildman–Crippen LogP) is 3.24. The van der Waals surface area contributed by atoms with E-state index in [0.29, 0.717) is 22.4 Å². The minimum atomic E-state index is -0.775. The topological polar surface area (TPSA) is 74.1 Å². The molecule has 0 bridgehead atoms. The van der Waals surface area contributed by atoms with Gasteiger partial charge in [-0.1, -0.05) is 18.7 Å². The first-order chi connectivity index (χ1) is 11.9. The van der Waals surface area contributed by atoms with E-state index in [1.807, 2.05) is 0 Å². The molecule has 0 aliphatic carbocycles. The number of cyclic esters (lactones) is 2. The quantitative estimate of drug-likeness (QED) is 0.486. The van der Waals surface area contributed by atoms with Crippen molar-refractivity contribution in [2.75, 3.05) is 0 Å². The molecule has 2 aromatic heterocycles. The molecular weight excluding hydrogens is 325 g/mol. The summed E-state index contributed by atoms with van der Waals surface area (Å²) in [7, 11) is 1.72. The minimum Gasteiger partial charge on any atom is -0.384 e. The van der Waals surface area contributed by atoms with Crippen molar-refractivity contribution in [2.45, 2.75) is 6.92 Å². The van der Waals surface area contributed by atoms with Crippen LogP contribution >= 0.6 is 0 Å². The highest BCUT2D eigenvalue weighted by molar-refractivity contribution is 6.17. The first-order valence-corrected chi connectivity index (χ1v) is 7.38. The Morgan fingerprint density at radius 2 is 2.04 bits per heavy atom. The van der Waals surface area contributed by atoms with Crippen LogP contribution in [0.1, 0.15) is 33.5 Å². The zero-order valence-electron chi connectivity index (χ0n) is 13.6. The Labute approximate surface area is 142 Å². The van der Waals surface area contributed by atoms with E-state index >= 15 is 0 Å². The maximum Gasteiger partial charge on any atom is 0.365 e.